The van der Waals surface area contributed by atoms with E-state index in [-0.39, 0.29) is 17.8 Å². The average Bonchev–Trinajstić information content (AvgIpc) is 2.64. The van der Waals surface area contributed by atoms with Gasteiger partial charge in [-0.1, -0.05) is 31.4 Å². The highest BCUT2D eigenvalue weighted by Gasteiger charge is 2.17. The average molecular weight is 354 g/mol. The van der Waals surface area contributed by atoms with E-state index in [9.17, 15) is 9.59 Å². The number of amides is 1. The van der Waals surface area contributed by atoms with Crippen LogP contribution >= 0.6 is 0 Å². The summed E-state index contributed by atoms with van der Waals surface area (Å²) in [6, 6.07) is 9.33. The number of nitrogens with one attached hydrogen (secondary N) is 1. The van der Waals surface area contributed by atoms with Crippen LogP contribution in [0.25, 0.3) is 11.1 Å². The quantitative estimate of drug-likeness (QED) is 0.804. The van der Waals surface area contributed by atoms with Crippen LogP contribution in [0, 0.1) is 6.92 Å². The summed E-state index contributed by atoms with van der Waals surface area (Å²) in [5, 5.41) is 11.9. The van der Waals surface area contributed by atoms with Gasteiger partial charge in [0.05, 0.1) is 0 Å². The summed E-state index contributed by atoms with van der Waals surface area (Å²) in [7, 11) is 0. The maximum atomic E-state index is 12.4. The van der Waals surface area contributed by atoms with Crippen molar-refractivity contribution < 1.29 is 19.4 Å². The van der Waals surface area contributed by atoms with Crippen LogP contribution in [0.15, 0.2) is 36.5 Å². The number of hydrogen-bond acceptors (Lipinski definition) is 4. The molecule has 1 aliphatic rings. The van der Waals surface area contributed by atoms with Crippen LogP contribution in [-0.4, -0.2) is 28.2 Å². The number of rotatable bonds is 4. The number of nitrogens with zero attached hydrogens (tertiary/aromatic N) is 1. The van der Waals surface area contributed by atoms with Crippen LogP contribution in [0.5, 0.6) is 5.88 Å². The Bertz CT molecular complexity index is 796. The van der Waals surface area contributed by atoms with E-state index in [4.69, 9.17) is 9.84 Å². The molecule has 1 heterocycles. The molecular weight excluding hydrogens is 332 g/mol. The van der Waals surface area contributed by atoms with Crippen LogP contribution in [0.1, 0.15) is 48.0 Å². The third kappa shape index (κ3) is 4.20. The Morgan fingerprint density at radius 3 is 2.46 bits per heavy atom. The van der Waals surface area contributed by atoms with E-state index in [1.807, 2.05) is 12.1 Å². The minimum Gasteiger partial charge on any atom is -0.449 e. The first kappa shape index (κ1) is 17.9. The van der Waals surface area contributed by atoms with Crippen LogP contribution < -0.4 is 10.1 Å². The molecule has 1 aromatic heterocycles. The molecular formula is C20H22N2O4. The smallest absolute Gasteiger partial charge is 0.449 e. The molecule has 1 aromatic carbocycles. The monoisotopic (exact) mass is 354 g/mol. The highest BCUT2D eigenvalue weighted by Crippen LogP contribution is 2.28. The Balaban J connectivity index is 1.75. The van der Waals surface area contributed by atoms with E-state index in [0.717, 1.165) is 24.0 Å². The molecule has 136 valence electrons. The van der Waals surface area contributed by atoms with Gasteiger partial charge in [-0.3, -0.25) is 4.79 Å². The molecule has 3 rings (SSSR count). The Labute approximate surface area is 152 Å². The maximum Gasteiger partial charge on any atom is 0.512 e. The van der Waals surface area contributed by atoms with Crippen LogP contribution in [0.3, 0.4) is 0 Å². The summed E-state index contributed by atoms with van der Waals surface area (Å²) in [5.41, 5.74) is 2.94. The molecule has 1 saturated carbocycles. The first-order valence-corrected chi connectivity index (χ1v) is 8.82. The van der Waals surface area contributed by atoms with Crippen LogP contribution in [-0.2, 0) is 0 Å². The number of hydrogen-bond donors (Lipinski definition) is 2. The van der Waals surface area contributed by atoms with Gasteiger partial charge in [-0.25, -0.2) is 9.78 Å². The largest absolute Gasteiger partial charge is 0.512 e. The molecule has 0 unspecified atom stereocenters. The van der Waals surface area contributed by atoms with Crippen molar-refractivity contribution in [2.75, 3.05) is 0 Å². The highest BCUT2D eigenvalue weighted by molar-refractivity contribution is 5.95. The predicted molar refractivity (Wildman–Crippen MR) is 97.4 cm³/mol. The molecule has 0 aliphatic heterocycles. The Hall–Kier alpha value is -2.89. The number of ether oxygens (including phenoxy) is 1. The van der Waals surface area contributed by atoms with Crippen molar-refractivity contribution in [3.05, 3.63) is 47.7 Å². The lowest BCUT2D eigenvalue weighted by Crippen LogP contribution is -2.36. The number of carbonyl (C=O) groups is 2. The highest BCUT2D eigenvalue weighted by atomic mass is 16.7. The number of pyridine rings is 1. The van der Waals surface area contributed by atoms with Crippen molar-refractivity contribution in [3.8, 4) is 17.0 Å². The molecule has 26 heavy (non-hydrogen) atoms. The summed E-state index contributed by atoms with van der Waals surface area (Å²) in [5.74, 6) is 0.0129. The first-order chi connectivity index (χ1) is 12.5. The molecule has 0 spiro atoms. The molecule has 6 heteroatoms. The molecule has 2 aromatic rings. The fourth-order valence-electron chi connectivity index (χ4n) is 3.33. The summed E-state index contributed by atoms with van der Waals surface area (Å²) < 4.78 is 4.70. The lowest BCUT2D eigenvalue weighted by Gasteiger charge is -2.22. The van der Waals surface area contributed by atoms with Gasteiger partial charge < -0.3 is 15.2 Å². The van der Waals surface area contributed by atoms with Crippen molar-refractivity contribution in [1.29, 1.82) is 0 Å². The van der Waals surface area contributed by atoms with Gasteiger partial charge in [-0.15, -0.1) is 0 Å². The van der Waals surface area contributed by atoms with E-state index in [2.05, 4.69) is 10.3 Å². The van der Waals surface area contributed by atoms with E-state index in [1.54, 1.807) is 25.1 Å². The van der Waals surface area contributed by atoms with Gasteiger partial charge in [-0.05, 0) is 49.1 Å². The zero-order chi connectivity index (χ0) is 18.5. The molecule has 1 fully saturated rings. The fraction of sp³-hybridized carbons (Fsp3) is 0.350. The minimum absolute atomic E-state index is 0.0511. The molecule has 0 saturated heterocycles. The van der Waals surface area contributed by atoms with Crippen LogP contribution in [0.2, 0.25) is 0 Å². The van der Waals surface area contributed by atoms with Gasteiger partial charge in [0.25, 0.3) is 5.91 Å². The van der Waals surface area contributed by atoms with E-state index < -0.39 is 6.16 Å². The summed E-state index contributed by atoms with van der Waals surface area (Å²) in [4.78, 5) is 27.1. The lowest BCUT2D eigenvalue weighted by molar-refractivity contribution is 0.0927. The number of benzene rings is 1. The van der Waals surface area contributed by atoms with Gasteiger partial charge in [-0.2, -0.15) is 0 Å². The van der Waals surface area contributed by atoms with Crippen molar-refractivity contribution in [2.24, 2.45) is 0 Å². The minimum atomic E-state index is -1.40. The van der Waals surface area contributed by atoms with Gasteiger partial charge in [0.2, 0.25) is 5.88 Å². The zero-order valence-electron chi connectivity index (χ0n) is 14.7. The second-order valence-corrected chi connectivity index (χ2v) is 6.54. The molecule has 0 bridgehead atoms. The van der Waals surface area contributed by atoms with Crippen molar-refractivity contribution >= 4 is 12.1 Å². The van der Waals surface area contributed by atoms with E-state index in [0.29, 0.717) is 11.1 Å². The van der Waals surface area contributed by atoms with Crippen LogP contribution in [0.4, 0.5) is 4.79 Å². The second-order valence-electron chi connectivity index (χ2n) is 6.54. The molecule has 6 nitrogen and oxygen atoms in total. The van der Waals surface area contributed by atoms with Crippen molar-refractivity contribution in [3.63, 3.8) is 0 Å². The second kappa shape index (κ2) is 7.99. The van der Waals surface area contributed by atoms with E-state index in [1.165, 1.54) is 25.5 Å². The third-order valence-electron chi connectivity index (χ3n) is 4.74. The molecule has 1 amide bonds. The molecule has 1 aliphatic carbocycles. The Kier molecular flexibility index (Phi) is 5.51. The topological polar surface area (TPSA) is 88.5 Å². The standard InChI is InChI=1S/C20H22N2O4/c1-13-17(11-12-21-19(13)26-20(24)25)14-7-9-15(10-8-14)18(23)22-16-5-3-2-4-6-16/h7-12,16H,2-6H2,1H3,(H,22,23)(H,24,25). The number of carboxylic acid groups (broad SMARTS) is 1. The normalized spacial score (nSPS) is 14.7. The number of carbonyl (C=O) groups excluding carboxylic acids is 1. The van der Waals surface area contributed by atoms with Gasteiger partial charge >= 0.3 is 6.16 Å². The lowest BCUT2D eigenvalue weighted by atomic mass is 9.95. The number of aromatic nitrogens is 1. The predicted octanol–water partition coefficient (Wildman–Crippen LogP) is 4.18. The van der Waals surface area contributed by atoms with Gasteiger partial charge in [0, 0.05) is 23.4 Å². The zero-order valence-corrected chi connectivity index (χ0v) is 14.7. The SMILES string of the molecule is Cc1c(-c2ccc(C(=O)NC3CCCCC3)cc2)ccnc1OC(=O)O. The molecule has 0 atom stereocenters. The maximum absolute atomic E-state index is 12.4. The first-order valence-electron chi connectivity index (χ1n) is 8.82. The van der Waals surface area contributed by atoms with Gasteiger partial charge in [0.1, 0.15) is 0 Å². The Morgan fingerprint density at radius 1 is 1.12 bits per heavy atom. The van der Waals surface area contributed by atoms with Crippen molar-refractivity contribution in [2.45, 2.75) is 45.1 Å². The molecule has 2 N–H and O–H groups in total. The summed E-state index contributed by atoms with van der Waals surface area (Å²) >= 11 is 0. The Morgan fingerprint density at radius 2 is 1.81 bits per heavy atom. The third-order valence-corrected chi connectivity index (χ3v) is 4.74. The molecule has 0 radical (unpaired) electrons. The van der Waals surface area contributed by atoms with Gasteiger partial charge in [0.15, 0.2) is 0 Å². The summed E-state index contributed by atoms with van der Waals surface area (Å²) in [6.45, 7) is 1.75. The fourth-order valence-corrected chi connectivity index (χ4v) is 3.33. The van der Waals surface area contributed by atoms with E-state index >= 15 is 0 Å². The summed E-state index contributed by atoms with van der Waals surface area (Å²) in [6.07, 6.45) is 5.80. The van der Waals surface area contributed by atoms with Crippen molar-refractivity contribution in [1.82, 2.24) is 10.3 Å².